The molecule has 27 heavy (non-hydrogen) atoms. The number of hydrogen-bond acceptors (Lipinski definition) is 3. The number of nitrogens with zero attached hydrogens (tertiary/aromatic N) is 1. The van der Waals surface area contributed by atoms with Gasteiger partial charge in [-0.25, -0.2) is 4.79 Å². The molecule has 2 saturated carbocycles. The third kappa shape index (κ3) is 6.49. The molecule has 0 bridgehead atoms. The minimum atomic E-state index is -0.142. The van der Waals surface area contributed by atoms with Crippen molar-refractivity contribution < 1.29 is 9.53 Å². The molecule has 2 aliphatic carbocycles. The maximum atomic E-state index is 12.1. The van der Waals surface area contributed by atoms with Gasteiger partial charge in [0, 0.05) is 12.6 Å². The van der Waals surface area contributed by atoms with Crippen molar-refractivity contribution >= 4 is 5.97 Å². The van der Waals surface area contributed by atoms with E-state index in [0.29, 0.717) is 11.8 Å². The van der Waals surface area contributed by atoms with Crippen molar-refractivity contribution in [2.45, 2.75) is 76.4 Å². The summed E-state index contributed by atoms with van der Waals surface area (Å²) in [6.07, 6.45) is 14.4. The van der Waals surface area contributed by atoms with Crippen LogP contribution in [-0.4, -0.2) is 31.1 Å². The molecule has 0 unspecified atom stereocenters. The number of ether oxygens (including phenoxy) is 1. The standard InChI is InChI=1S/C24H35NO2/c1-25(2)18-20-8-11-21(12-9-20)22-13-15-23(16-14-22)27-24(26)17-10-19-6-4-3-5-7-19/h8-12,17,19,22-23H,3-7,13-16,18H2,1-2H3. The van der Waals surface area contributed by atoms with Crippen molar-refractivity contribution in [1.82, 2.24) is 4.90 Å². The second-order valence-electron chi connectivity index (χ2n) is 8.65. The van der Waals surface area contributed by atoms with Gasteiger partial charge in [0.2, 0.25) is 0 Å². The molecule has 0 heterocycles. The summed E-state index contributed by atoms with van der Waals surface area (Å²) >= 11 is 0. The average Bonchev–Trinajstić information content (AvgIpc) is 2.68. The zero-order valence-electron chi connectivity index (χ0n) is 17.0. The SMILES string of the molecule is CN(C)Cc1ccc(C2CCC(OC(=O)C=CC3CCCCC3)CC2)cc1. The Balaban J connectivity index is 1.41. The van der Waals surface area contributed by atoms with E-state index < -0.39 is 0 Å². The van der Waals surface area contributed by atoms with Gasteiger partial charge in [-0.1, -0.05) is 49.6 Å². The van der Waals surface area contributed by atoms with Gasteiger partial charge in [-0.05, 0) is 75.6 Å². The molecular formula is C24H35NO2. The van der Waals surface area contributed by atoms with E-state index in [1.54, 1.807) is 6.08 Å². The van der Waals surface area contributed by atoms with E-state index in [1.807, 2.05) is 0 Å². The molecule has 1 aromatic carbocycles. The van der Waals surface area contributed by atoms with Crippen LogP contribution in [0.1, 0.15) is 74.8 Å². The molecule has 0 atom stereocenters. The van der Waals surface area contributed by atoms with Crippen LogP contribution in [0.4, 0.5) is 0 Å². The summed E-state index contributed by atoms with van der Waals surface area (Å²) in [6, 6.07) is 9.06. The summed E-state index contributed by atoms with van der Waals surface area (Å²) in [4.78, 5) is 14.3. The Labute approximate surface area is 164 Å². The molecule has 0 amide bonds. The number of benzene rings is 1. The molecule has 0 radical (unpaired) electrons. The van der Waals surface area contributed by atoms with E-state index in [4.69, 9.17) is 4.74 Å². The van der Waals surface area contributed by atoms with Crippen LogP contribution in [0.25, 0.3) is 0 Å². The minimum absolute atomic E-state index is 0.0952. The van der Waals surface area contributed by atoms with E-state index in [9.17, 15) is 4.79 Å². The first-order valence-electron chi connectivity index (χ1n) is 10.7. The molecule has 3 rings (SSSR count). The largest absolute Gasteiger partial charge is 0.459 e. The van der Waals surface area contributed by atoms with Gasteiger partial charge in [0.25, 0.3) is 0 Å². The number of allylic oxidation sites excluding steroid dienone is 1. The minimum Gasteiger partial charge on any atom is -0.459 e. The van der Waals surface area contributed by atoms with E-state index in [2.05, 4.69) is 49.3 Å². The summed E-state index contributed by atoms with van der Waals surface area (Å²) in [5.41, 5.74) is 2.79. The maximum Gasteiger partial charge on any atom is 0.330 e. The van der Waals surface area contributed by atoms with Gasteiger partial charge in [-0.3, -0.25) is 0 Å². The normalized spacial score (nSPS) is 24.4. The monoisotopic (exact) mass is 369 g/mol. The Morgan fingerprint density at radius 2 is 1.67 bits per heavy atom. The van der Waals surface area contributed by atoms with Crippen LogP contribution in [-0.2, 0) is 16.1 Å². The van der Waals surface area contributed by atoms with Crippen molar-refractivity contribution in [1.29, 1.82) is 0 Å². The number of esters is 1. The number of carbonyl (C=O) groups excluding carboxylic acids is 1. The van der Waals surface area contributed by atoms with Gasteiger partial charge < -0.3 is 9.64 Å². The first-order valence-corrected chi connectivity index (χ1v) is 10.7. The summed E-state index contributed by atoms with van der Waals surface area (Å²) in [7, 11) is 4.20. The average molecular weight is 370 g/mol. The van der Waals surface area contributed by atoms with Crippen molar-refractivity contribution in [3.05, 3.63) is 47.5 Å². The van der Waals surface area contributed by atoms with Crippen molar-refractivity contribution in [2.75, 3.05) is 14.1 Å². The highest BCUT2D eigenvalue weighted by molar-refractivity contribution is 5.82. The smallest absolute Gasteiger partial charge is 0.330 e. The van der Waals surface area contributed by atoms with E-state index in [1.165, 1.54) is 43.2 Å². The Morgan fingerprint density at radius 1 is 1.00 bits per heavy atom. The second-order valence-corrected chi connectivity index (χ2v) is 8.65. The quantitative estimate of drug-likeness (QED) is 0.493. The summed E-state index contributed by atoms with van der Waals surface area (Å²) in [5.74, 6) is 1.04. The van der Waals surface area contributed by atoms with E-state index >= 15 is 0 Å². The van der Waals surface area contributed by atoms with E-state index in [0.717, 1.165) is 32.2 Å². The van der Waals surface area contributed by atoms with Crippen LogP contribution in [0.3, 0.4) is 0 Å². The summed E-state index contributed by atoms with van der Waals surface area (Å²) in [6.45, 7) is 0.983. The first-order chi connectivity index (χ1) is 13.1. The molecule has 3 nitrogen and oxygen atoms in total. The summed E-state index contributed by atoms with van der Waals surface area (Å²) in [5, 5.41) is 0. The third-order valence-electron chi connectivity index (χ3n) is 6.06. The Morgan fingerprint density at radius 3 is 2.30 bits per heavy atom. The Hall–Kier alpha value is -1.61. The molecule has 2 fully saturated rings. The van der Waals surface area contributed by atoms with E-state index in [-0.39, 0.29) is 12.1 Å². The van der Waals surface area contributed by atoms with Crippen molar-refractivity contribution in [3.63, 3.8) is 0 Å². The topological polar surface area (TPSA) is 29.5 Å². The fourth-order valence-corrected chi connectivity index (χ4v) is 4.52. The Kier molecular flexibility index (Phi) is 7.51. The zero-order valence-corrected chi connectivity index (χ0v) is 17.0. The van der Waals surface area contributed by atoms with Crippen LogP contribution >= 0.6 is 0 Å². The number of carbonyl (C=O) groups is 1. The van der Waals surface area contributed by atoms with Crippen LogP contribution in [0.5, 0.6) is 0 Å². The lowest BCUT2D eigenvalue weighted by atomic mass is 9.82. The molecule has 0 spiro atoms. The van der Waals surface area contributed by atoms with Crippen LogP contribution < -0.4 is 0 Å². The fraction of sp³-hybridized carbons (Fsp3) is 0.625. The first kappa shape index (κ1) is 20.1. The van der Waals surface area contributed by atoms with Crippen LogP contribution in [0.15, 0.2) is 36.4 Å². The van der Waals surface area contributed by atoms with Gasteiger partial charge in [-0.2, -0.15) is 0 Å². The van der Waals surface area contributed by atoms with Gasteiger partial charge in [0.1, 0.15) is 6.10 Å². The molecule has 0 N–H and O–H groups in total. The molecule has 148 valence electrons. The highest BCUT2D eigenvalue weighted by Crippen LogP contribution is 2.34. The van der Waals surface area contributed by atoms with Crippen LogP contribution in [0, 0.1) is 5.92 Å². The van der Waals surface area contributed by atoms with Crippen molar-refractivity contribution in [2.24, 2.45) is 5.92 Å². The van der Waals surface area contributed by atoms with Crippen LogP contribution in [0.2, 0.25) is 0 Å². The lowest BCUT2D eigenvalue weighted by Gasteiger charge is -2.28. The number of hydrogen-bond donors (Lipinski definition) is 0. The molecule has 1 aromatic rings. The molecule has 0 saturated heterocycles. The van der Waals surface area contributed by atoms with Gasteiger partial charge in [0.15, 0.2) is 0 Å². The number of rotatable bonds is 6. The third-order valence-corrected chi connectivity index (χ3v) is 6.06. The maximum absolute atomic E-state index is 12.1. The summed E-state index contributed by atoms with van der Waals surface area (Å²) < 4.78 is 5.70. The second kappa shape index (κ2) is 10.1. The molecular weight excluding hydrogens is 334 g/mol. The zero-order chi connectivity index (χ0) is 19.1. The predicted octanol–water partition coefficient (Wildman–Crippen LogP) is 5.45. The molecule has 0 aliphatic heterocycles. The van der Waals surface area contributed by atoms with Gasteiger partial charge >= 0.3 is 5.97 Å². The highest BCUT2D eigenvalue weighted by atomic mass is 16.5. The fourth-order valence-electron chi connectivity index (χ4n) is 4.52. The molecule has 3 heteroatoms. The van der Waals surface area contributed by atoms with Gasteiger partial charge in [0.05, 0.1) is 0 Å². The van der Waals surface area contributed by atoms with Crippen molar-refractivity contribution in [3.8, 4) is 0 Å². The predicted molar refractivity (Wildman–Crippen MR) is 111 cm³/mol. The highest BCUT2D eigenvalue weighted by Gasteiger charge is 2.24. The Bertz CT molecular complexity index is 606. The lowest BCUT2D eigenvalue weighted by Crippen LogP contribution is -2.23. The molecule has 2 aliphatic rings. The lowest BCUT2D eigenvalue weighted by molar-refractivity contribution is -0.144. The van der Waals surface area contributed by atoms with Gasteiger partial charge in [-0.15, -0.1) is 0 Å². The molecule has 0 aromatic heterocycles.